The van der Waals surface area contributed by atoms with Crippen molar-refractivity contribution in [2.24, 2.45) is 5.92 Å². The highest BCUT2D eigenvalue weighted by atomic mass is 28.4. The van der Waals surface area contributed by atoms with E-state index in [0.29, 0.717) is 22.4 Å². The van der Waals surface area contributed by atoms with Gasteiger partial charge < -0.3 is 53.5 Å². The molecule has 444 valence electrons. The quantitative estimate of drug-likeness (QED) is 0.0203. The van der Waals surface area contributed by atoms with Crippen LogP contribution in [-0.4, -0.2) is 99.2 Å². The lowest BCUT2D eigenvalue weighted by atomic mass is 9.94. The average Bonchev–Trinajstić information content (AvgIpc) is 3.53. The van der Waals surface area contributed by atoms with E-state index in [1.54, 1.807) is 115 Å². The number of terminal acetylenes is 1. The molecule has 0 aliphatic rings. The number of carbonyl (C=O) groups excluding carboxylic acids is 6. The SMILES string of the molecule is C#C[C@](C)(Oc1cc([C@@H](O[Si](C)(C)C(C)(C)C)[C@@H](C(=O)OCc2ccc(OC)cc2)N(C)C(=O)OCc2ccccc2)ccc1OCc1ccccc1)[C@H](NC(=O)[C@@H](NC(=O)OC(C)(C)C)C(C)C)C(=O)NCC(=O)OCc1ccccc1. The number of amides is 4. The van der Waals surface area contributed by atoms with Gasteiger partial charge in [0.15, 0.2) is 37.5 Å². The van der Waals surface area contributed by atoms with Gasteiger partial charge in [-0.05, 0) is 104 Å². The number of alkyl carbamates (subject to hydrolysis) is 1. The predicted octanol–water partition coefficient (Wildman–Crippen LogP) is 10.4. The normalized spacial score (nSPS) is 13.7. The second kappa shape index (κ2) is 29.6. The summed E-state index contributed by atoms with van der Waals surface area (Å²) in [5, 5.41) is 7.40. The molecule has 4 amide bonds. The van der Waals surface area contributed by atoms with E-state index in [4.69, 9.17) is 44.0 Å². The van der Waals surface area contributed by atoms with Gasteiger partial charge in [0.05, 0.1) is 7.11 Å². The molecule has 0 aliphatic heterocycles. The number of hydrogen-bond acceptors (Lipinski definition) is 14. The Morgan fingerprint density at radius 2 is 1.18 bits per heavy atom. The van der Waals surface area contributed by atoms with Crippen molar-refractivity contribution >= 4 is 44.3 Å². The second-order valence-electron chi connectivity index (χ2n) is 22.9. The standard InChI is InChI=1S/C64H80N4O14Si/c1-15-64(10,56(58(71)65-38-52(69)77-40-45-27-21-17-22-28-45)67-57(70)53(43(2)3)66-60(73)81-62(4,5)6)80-51-37-48(33-36-50(51)76-39-44-25-19-16-20-26-44)55(82-83(13,14)63(7,8)9)54(59(72)78-41-47-31-34-49(75-12)35-32-47)68(11)61(74)79-42-46-29-23-18-24-30-46/h1,16-37,43,53-56H,38-42H2,2-14H3,(H,65,71)(H,66,73)(H,67,70)/t53-,54-,55+,56+,64-/m0/s1. The first-order valence-corrected chi connectivity index (χ1v) is 30.2. The van der Waals surface area contributed by atoms with Crippen LogP contribution in [0.15, 0.2) is 133 Å². The number of rotatable bonds is 26. The first-order chi connectivity index (χ1) is 39.1. The van der Waals surface area contributed by atoms with Crippen LogP contribution >= 0.6 is 0 Å². The fourth-order valence-electron chi connectivity index (χ4n) is 7.93. The summed E-state index contributed by atoms with van der Waals surface area (Å²) in [6, 6.07) is 34.4. The topological polar surface area (TPSA) is 216 Å². The van der Waals surface area contributed by atoms with Crippen molar-refractivity contribution in [2.75, 3.05) is 20.7 Å². The number of benzene rings is 5. The summed E-state index contributed by atoms with van der Waals surface area (Å²) >= 11 is 0. The highest BCUT2D eigenvalue weighted by molar-refractivity contribution is 6.74. The number of carbonyl (C=O) groups is 6. The Hall–Kier alpha value is -8.34. The molecule has 5 rings (SSSR count). The maximum atomic E-state index is 15.0. The van der Waals surface area contributed by atoms with Gasteiger partial charge in [-0.25, -0.2) is 14.4 Å². The highest BCUT2D eigenvalue weighted by Gasteiger charge is 2.48. The molecule has 0 heterocycles. The van der Waals surface area contributed by atoms with Gasteiger partial charge in [-0.15, -0.1) is 6.42 Å². The van der Waals surface area contributed by atoms with Crippen LogP contribution in [0.4, 0.5) is 9.59 Å². The Balaban J connectivity index is 1.67. The van der Waals surface area contributed by atoms with E-state index in [1.165, 1.54) is 20.0 Å². The highest BCUT2D eigenvalue weighted by Crippen LogP contribution is 2.44. The van der Waals surface area contributed by atoms with Crippen LogP contribution in [0.25, 0.3) is 0 Å². The zero-order valence-electron chi connectivity index (χ0n) is 49.9. The Morgan fingerprint density at radius 1 is 0.651 bits per heavy atom. The van der Waals surface area contributed by atoms with E-state index >= 15 is 4.79 Å². The molecular weight excluding hydrogens is 1080 g/mol. The van der Waals surface area contributed by atoms with Crippen LogP contribution in [0.1, 0.15) is 96.2 Å². The molecule has 19 heteroatoms. The monoisotopic (exact) mass is 1160 g/mol. The fraction of sp³-hybridized carbons (Fsp3) is 0.406. The third kappa shape index (κ3) is 19.7. The first kappa shape index (κ1) is 65.5. The molecule has 0 saturated heterocycles. The third-order valence-corrected chi connectivity index (χ3v) is 18.2. The minimum atomic E-state index is -2.98. The Labute approximate surface area is 489 Å². The molecule has 0 bridgehead atoms. The van der Waals surface area contributed by atoms with E-state index in [1.807, 2.05) is 88.5 Å². The Morgan fingerprint density at radius 3 is 1.70 bits per heavy atom. The summed E-state index contributed by atoms with van der Waals surface area (Å²) in [7, 11) is -0.0134. The molecule has 5 atom stereocenters. The van der Waals surface area contributed by atoms with Crippen LogP contribution in [0.5, 0.6) is 17.2 Å². The third-order valence-electron chi connectivity index (χ3n) is 13.7. The molecule has 3 N–H and O–H groups in total. The second-order valence-corrected chi connectivity index (χ2v) is 27.6. The Bertz CT molecular complexity index is 3000. The Kier molecular flexibility index (Phi) is 23.3. The molecule has 5 aromatic carbocycles. The molecule has 0 radical (unpaired) electrons. The molecule has 0 fully saturated rings. The van der Waals surface area contributed by atoms with Gasteiger partial charge in [0.2, 0.25) is 11.8 Å². The maximum Gasteiger partial charge on any atom is 0.410 e. The van der Waals surface area contributed by atoms with Crippen LogP contribution in [0.3, 0.4) is 0 Å². The van der Waals surface area contributed by atoms with E-state index in [9.17, 15) is 24.0 Å². The van der Waals surface area contributed by atoms with E-state index in [2.05, 4.69) is 21.9 Å². The van der Waals surface area contributed by atoms with Gasteiger partial charge in [-0.1, -0.05) is 150 Å². The molecule has 18 nitrogen and oxygen atoms in total. The molecule has 0 spiro atoms. The number of methoxy groups -OCH3 is 1. The number of likely N-dealkylation sites (N-methyl/N-ethyl adjacent to an activating group) is 1. The summed E-state index contributed by atoms with van der Waals surface area (Å²) in [4.78, 5) is 86.2. The minimum Gasteiger partial charge on any atom is -0.497 e. The van der Waals surface area contributed by atoms with Gasteiger partial charge >= 0.3 is 24.1 Å². The van der Waals surface area contributed by atoms with E-state index < -0.39 is 97.2 Å². The summed E-state index contributed by atoms with van der Waals surface area (Å²) in [5.74, 6) is -0.836. The molecule has 0 aliphatic carbocycles. The number of nitrogens with one attached hydrogen (secondary N) is 3. The molecule has 5 aromatic rings. The largest absolute Gasteiger partial charge is 0.497 e. The van der Waals surface area contributed by atoms with Gasteiger partial charge in [-0.3, -0.25) is 19.3 Å². The van der Waals surface area contributed by atoms with Gasteiger partial charge in [0.1, 0.15) is 56.5 Å². The fourth-order valence-corrected chi connectivity index (χ4v) is 9.18. The lowest BCUT2D eigenvalue weighted by molar-refractivity contribution is -0.154. The number of nitrogens with zero attached hydrogens (tertiary/aromatic N) is 1. The van der Waals surface area contributed by atoms with Crippen LogP contribution in [-0.2, 0) is 69.0 Å². The van der Waals surface area contributed by atoms with Gasteiger partial charge in [0, 0.05) is 7.05 Å². The van der Waals surface area contributed by atoms with Gasteiger partial charge in [0.25, 0.3) is 0 Å². The van der Waals surface area contributed by atoms with Crippen molar-refractivity contribution < 1.29 is 66.4 Å². The molecule has 0 unspecified atom stereocenters. The molecule has 0 aromatic heterocycles. The van der Waals surface area contributed by atoms with Crippen molar-refractivity contribution in [1.82, 2.24) is 20.9 Å². The summed E-state index contributed by atoms with van der Waals surface area (Å²) in [6.07, 6.45) is 3.35. The zero-order chi connectivity index (χ0) is 61.1. The summed E-state index contributed by atoms with van der Waals surface area (Å²) in [6.45, 7) is 18.8. The van der Waals surface area contributed by atoms with E-state index in [-0.39, 0.29) is 43.5 Å². The lowest BCUT2D eigenvalue weighted by Gasteiger charge is -2.42. The van der Waals surface area contributed by atoms with Crippen molar-refractivity contribution in [2.45, 2.75) is 142 Å². The first-order valence-electron chi connectivity index (χ1n) is 27.3. The molecular formula is C64H80N4O14Si. The van der Waals surface area contributed by atoms with Crippen LogP contribution in [0.2, 0.25) is 18.1 Å². The summed E-state index contributed by atoms with van der Waals surface area (Å²) in [5.41, 5.74) is 0.00610. The van der Waals surface area contributed by atoms with Gasteiger partial charge in [-0.2, -0.15) is 0 Å². The summed E-state index contributed by atoms with van der Waals surface area (Å²) < 4.78 is 48.8. The molecule has 83 heavy (non-hydrogen) atoms. The number of esters is 2. The van der Waals surface area contributed by atoms with Crippen molar-refractivity contribution in [3.05, 3.63) is 161 Å². The smallest absolute Gasteiger partial charge is 0.410 e. The van der Waals surface area contributed by atoms with E-state index in [0.717, 1.165) is 10.5 Å². The lowest BCUT2D eigenvalue weighted by Crippen LogP contribution is -2.64. The van der Waals surface area contributed by atoms with Crippen LogP contribution < -0.4 is 30.2 Å². The van der Waals surface area contributed by atoms with Crippen molar-refractivity contribution in [1.29, 1.82) is 0 Å². The maximum absolute atomic E-state index is 15.0. The zero-order valence-corrected chi connectivity index (χ0v) is 50.9. The minimum absolute atomic E-state index is 0.0155. The average molecular weight is 1160 g/mol. The molecule has 0 saturated carbocycles. The van der Waals surface area contributed by atoms with Crippen molar-refractivity contribution in [3.63, 3.8) is 0 Å². The van der Waals surface area contributed by atoms with Crippen molar-refractivity contribution in [3.8, 4) is 29.6 Å². The predicted molar refractivity (Wildman–Crippen MR) is 316 cm³/mol. The van der Waals surface area contributed by atoms with Crippen LogP contribution in [0, 0.1) is 18.3 Å². The number of hydrogen-bond donors (Lipinski definition) is 3. The number of ether oxygens (including phenoxy) is 7.